The molecule has 3 unspecified atom stereocenters. The largest absolute Gasteiger partial charge is 0.337 e. The molecule has 3 aliphatic rings. The number of nitrogens with zero attached hydrogens (tertiary/aromatic N) is 2. The molecule has 3 heterocycles. The summed E-state index contributed by atoms with van der Waals surface area (Å²) in [6.07, 6.45) is 4.65. The molecule has 4 nitrogen and oxygen atoms in total. The highest BCUT2D eigenvalue weighted by Gasteiger charge is 2.40. The van der Waals surface area contributed by atoms with E-state index < -0.39 is 0 Å². The normalized spacial score (nSPS) is 36.1. The summed E-state index contributed by atoms with van der Waals surface area (Å²) in [5, 5.41) is 4.00. The molecule has 3 aliphatic heterocycles. The number of nitrogens with one attached hydrogen (secondary N) is 1. The summed E-state index contributed by atoms with van der Waals surface area (Å²) < 4.78 is 0. The second-order valence-electron chi connectivity index (χ2n) is 6.73. The zero-order valence-corrected chi connectivity index (χ0v) is 14.2. The van der Waals surface area contributed by atoms with Gasteiger partial charge in [-0.25, -0.2) is 0 Å². The van der Waals surface area contributed by atoms with Gasteiger partial charge in [0.25, 0.3) is 0 Å². The minimum Gasteiger partial charge on any atom is -0.337 e. The number of piperidine rings is 1. The summed E-state index contributed by atoms with van der Waals surface area (Å²) in [5.74, 6) is 1.50. The van der Waals surface area contributed by atoms with Gasteiger partial charge in [0.2, 0.25) is 5.91 Å². The fraction of sp³-hybridized carbons (Fsp3) is 0.938. The van der Waals surface area contributed by atoms with Crippen molar-refractivity contribution in [2.45, 2.75) is 62.9 Å². The summed E-state index contributed by atoms with van der Waals surface area (Å²) in [7, 11) is 0. The Morgan fingerprint density at radius 3 is 2.67 bits per heavy atom. The van der Waals surface area contributed by atoms with Gasteiger partial charge in [0.15, 0.2) is 0 Å². The van der Waals surface area contributed by atoms with E-state index in [1.807, 2.05) is 11.8 Å². The molecule has 5 heteroatoms. The van der Waals surface area contributed by atoms with Gasteiger partial charge in [0, 0.05) is 29.6 Å². The second-order valence-corrected chi connectivity index (χ2v) is 8.21. The summed E-state index contributed by atoms with van der Waals surface area (Å²) >= 11 is 2.00. The second kappa shape index (κ2) is 6.88. The van der Waals surface area contributed by atoms with Crippen LogP contribution in [0, 0.1) is 0 Å². The first-order valence-corrected chi connectivity index (χ1v) is 9.62. The molecular formula is C16H29N3OS. The van der Waals surface area contributed by atoms with Gasteiger partial charge in [-0.1, -0.05) is 6.92 Å². The van der Waals surface area contributed by atoms with E-state index in [9.17, 15) is 4.79 Å². The highest BCUT2D eigenvalue weighted by Crippen LogP contribution is 2.30. The van der Waals surface area contributed by atoms with Gasteiger partial charge in [0.1, 0.15) is 0 Å². The fourth-order valence-corrected chi connectivity index (χ4v) is 5.16. The lowest BCUT2D eigenvalue weighted by Crippen LogP contribution is -2.56. The van der Waals surface area contributed by atoms with Gasteiger partial charge in [-0.15, -0.1) is 0 Å². The monoisotopic (exact) mass is 311 g/mol. The predicted molar refractivity (Wildman–Crippen MR) is 88.7 cm³/mol. The number of carbonyl (C=O) groups is 1. The Balaban J connectivity index is 1.67. The Bertz CT molecular complexity index is 373. The molecule has 0 aromatic carbocycles. The van der Waals surface area contributed by atoms with Crippen molar-refractivity contribution in [2.75, 3.05) is 31.9 Å². The summed E-state index contributed by atoms with van der Waals surface area (Å²) in [6.45, 7) is 8.75. The third-order valence-electron chi connectivity index (χ3n) is 5.52. The first kappa shape index (κ1) is 15.6. The fourth-order valence-electron chi connectivity index (χ4n) is 4.07. The molecule has 120 valence electrons. The van der Waals surface area contributed by atoms with Gasteiger partial charge in [-0.2, -0.15) is 11.8 Å². The number of hydrogen-bond donors (Lipinski definition) is 1. The van der Waals surface area contributed by atoms with Gasteiger partial charge >= 0.3 is 0 Å². The Morgan fingerprint density at radius 1 is 1.14 bits per heavy atom. The standard InChI is InChI=1S/C16H29N3OS/c1-12-13(2)21-11-10-18(12)16(20)15-4-3-9-19(15)14-5-7-17-8-6-14/h12-15,17H,3-11H2,1-2H3. The van der Waals surface area contributed by atoms with E-state index in [2.05, 4.69) is 29.0 Å². The number of amides is 1. The molecule has 3 fully saturated rings. The number of thioether (sulfide) groups is 1. The van der Waals surface area contributed by atoms with Crippen molar-refractivity contribution in [3.8, 4) is 0 Å². The van der Waals surface area contributed by atoms with Crippen molar-refractivity contribution in [3.05, 3.63) is 0 Å². The van der Waals surface area contributed by atoms with E-state index in [1.165, 1.54) is 19.3 Å². The minimum atomic E-state index is 0.158. The van der Waals surface area contributed by atoms with Gasteiger partial charge in [-0.3, -0.25) is 9.69 Å². The van der Waals surface area contributed by atoms with Crippen LogP contribution in [-0.2, 0) is 4.79 Å². The Hall–Kier alpha value is -0.260. The van der Waals surface area contributed by atoms with E-state index >= 15 is 0 Å². The smallest absolute Gasteiger partial charge is 0.240 e. The van der Waals surface area contributed by atoms with Crippen LogP contribution in [0.3, 0.4) is 0 Å². The molecule has 21 heavy (non-hydrogen) atoms. The Kier molecular flexibility index (Phi) is 5.12. The molecule has 0 spiro atoms. The number of rotatable bonds is 2. The van der Waals surface area contributed by atoms with E-state index in [0.717, 1.165) is 38.4 Å². The van der Waals surface area contributed by atoms with E-state index in [-0.39, 0.29) is 6.04 Å². The molecular weight excluding hydrogens is 282 g/mol. The molecule has 3 atom stereocenters. The van der Waals surface area contributed by atoms with E-state index in [0.29, 0.717) is 23.2 Å². The summed E-state index contributed by atoms with van der Waals surface area (Å²) in [4.78, 5) is 17.8. The summed E-state index contributed by atoms with van der Waals surface area (Å²) in [6, 6.07) is 1.16. The Morgan fingerprint density at radius 2 is 1.90 bits per heavy atom. The number of likely N-dealkylation sites (tertiary alicyclic amines) is 1. The molecule has 0 radical (unpaired) electrons. The third kappa shape index (κ3) is 3.25. The van der Waals surface area contributed by atoms with Crippen LogP contribution in [0.5, 0.6) is 0 Å². The van der Waals surface area contributed by atoms with Crippen molar-refractivity contribution in [3.63, 3.8) is 0 Å². The maximum absolute atomic E-state index is 13.1. The highest BCUT2D eigenvalue weighted by molar-refractivity contribution is 8.00. The van der Waals surface area contributed by atoms with Crippen LogP contribution in [0.2, 0.25) is 0 Å². The average molecular weight is 311 g/mol. The van der Waals surface area contributed by atoms with Crippen molar-refractivity contribution >= 4 is 17.7 Å². The highest BCUT2D eigenvalue weighted by atomic mass is 32.2. The minimum absolute atomic E-state index is 0.158. The molecule has 3 rings (SSSR count). The zero-order valence-electron chi connectivity index (χ0n) is 13.4. The van der Waals surface area contributed by atoms with Crippen LogP contribution < -0.4 is 5.32 Å². The molecule has 0 aliphatic carbocycles. The molecule has 1 amide bonds. The van der Waals surface area contributed by atoms with Gasteiger partial charge < -0.3 is 10.2 Å². The van der Waals surface area contributed by atoms with Crippen LogP contribution in [0.15, 0.2) is 0 Å². The molecule has 1 N–H and O–H groups in total. The van der Waals surface area contributed by atoms with Crippen LogP contribution in [-0.4, -0.2) is 71.0 Å². The lowest BCUT2D eigenvalue weighted by molar-refractivity contribution is -0.138. The summed E-state index contributed by atoms with van der Waals surface area (Å²) in [5.41, 5.74) is 0. The maximum atomic E-state index is 13.1. The van der Waals surface area contributed by atoms with Crippen LogP contribution >= 0.6 is 11.8 Å². The SMILES string of the molecule is CC1SCCN(C(=O)C2CCCN2C2CCNCC2)C1C. The molecule has 0 bridgehead atoms. The lowest BCUT2D eigenvalue weighted by Gasteiger charge is -2.42. The molecule has 0 saturated carbocycles. The molecule has 0 aromatic heterocycles. The van der Waals surface area contributed by atoms with Crippen LogP contribution in [0.1, 0.15) is 39.5 Å². The lowest BCUT2D eigenvalue weighted by atomic mass is 10.0. The van der Waals surface area contributed by atoms with Crippen molar-refractivity contribution in [2.24, 2.45) is 0 Å². The first-order valence-electron chi connectivity index (χ1n) is 8.57. The average Bonchev–Trinajstić information content (AvgIpc) is 3.00. The van der Waals surface area contributed by atoms with E-state index in [1.54, 1.807) is 0 Å². The van der Waals surface area contributed by atoms with Crippen molar-refractivity contribution in [1.29, 1.82) is 0 Å². The number of carbonyl (C=O) groups excluding carboxylic acids is 1. The van der Waals surface area contributed by atoms with Crippen molar-refractivity contribution in [1.82, 2.24) is 15.1 Å². The third-order valence-corrected chi connectivity index (χ3v) is 6.86. The molecule has 0 aromatic rings. The Labute approximate surface area is 133 Å². The van der Waals surface area contributed by atoms with Crippen molar-refractivity contribution < 1.29 is 4.79 Å². The number of hydrogen-bond acceptors (Lipinski definition) is 4. The quantitative estimate of drug-likeness (QED) is 0.839. The van der Waals surface area contributed by atoms with Gasteiger partial charge in [0.05, 0.1) is 6.04 Å². The first-order chi connectivity index (χ1) is 10.2. The molecule has 3 saturated heterocycles. The topological polar surface area (TPSA) is 35.6 Å². The maximum Gasteiger partial charge on any atom is 0.240 e. The predicted octanol–water partition coefficient (Wildman–Crippen LogP) is 1.56. The van der Waals surface area contributed by atoms with Crippen LogP contribution in [0.25, 0.3) is 0 Å². The zero-order chi connectivity index (χ0) is 14.8. The van der Waals surface area contributed by atoms with Crippen LogP contribution in [0.4, 0.5) is 0 Å². The van der Waals surface area contributed by atoms with Gasteiger partial charge in [-0.05, 0) is 52.2 Å². The van der Waals surface area contributed by atoms with E-state index in [4.69, 9.17) is 0 Å².